The molecule has 16 heavy (non-hydrogen) atoms. The van der Waals surface area contributed by atoms with Gasteiger partial charge in [-0.2, -0.15) is 5.10 Å². The number of rotatable bonds is 3. The third-order valence-electron chi connectivity index (χ3n) is 3.02. The van der Waals surface area contributed by atoms with Gasteiger partial charge in [-0.15, -0.1) is 0 Å². The lowest BCUT2D eigenvalue weighted by atomic mass is 10.1. The Kier molecular flexibility index (Phi) is 2.96. The molecule has 0 spiro atoms. The summed E-state index contributed by atoms with van der Waals surface area (Å²) in [6.07, 6.45) is 0.542. The third kappa shape index (κ3) is 1.95. The molecule has 0 radical (unpaired) electrons. The molecule has 1 aliphatic heterocycles. The van der Waals surface area contributed by atoms with Crippen molar-refractivity contribution in [2.45, 2.75) is 26.2 Å². The van der Waals surface area contributed by atoms with Crippen LogP contribution in [0.1, 0.15) is 31.9 Å². The van der Waals surface area contributed by atoms with Gasteiger partial charge in [0.1, 0.15) is 0 Å². The number of aromatic amines is 1. The van der Waals surface area contributed by atoms with E-state index in [1.165, 1.54) is 0 Å². The number of nitrogens with two attached hydrogens (primary N) is 1. The summed E-state index contributed by atoms with van der Waals surface area (Å²) in [6.45, 7) is 5.43. The van der Waals surface area contributed by atoms with Gasteiger partial charge in [-0.25, -0.2) is 0 Å². The van der Waals surface area contributed by atoms with E-state index < -0.39 is 0 Å². The highest BCUT2D eigenvalue weighted by molar-refractivity contribution is 5.94. The van der Waals surface area contributed by atoms with Gasteiger partial charge in [0.25, 0.3) is 0 Å². The van der Waals surface area contributed by atoms with E-state index in [4.69, 9.17) is 5.73 Å². The normalized spacial score (nSPS) is 21.1. The van der Waals surface area contributed by atoms with Gasteiger partial charge in [0, 0.05) is 24.7 Å². The minimum Gasteiger partial charge on any atom is -0.330 e. The first-order chi connectivity index (χ1) is 7.61. The van der Waals surface area contributed by atoms with Gasteiger partial charge in [-0.1, -0.05) is 13.8 Å². The number of nitrogens with one attached hydrogen (secondary N) is 1. The molecule has 5 nitrogen and oxygen atoms in total. The molecule has 1 unspecified atom stereocenters. The molecule has 1 aliphatic rings. The Hall–Kier alpha value is -1.36. The van der Waals surface area contributed by atoms with Crippen molar-refractivity contribution >= 4 is 11.7 Å². The topological polar surface area (TPSA) is 75.0 Å². The molecule has 5 heteroatoms. The van der Waals surface area contributed by atoms with E-state index in [-0.39, 0.29) is 11.8 Å². The number of nitrogens with zero attached hydrogens (tertiary/aromatic N) is 2. The lowest BCUT2D eigenvalue weighted by molar-refractivity contribution is -0.117. The average Bonchev–Trinajstić information content (AvgIpc) is 2.83. The van der Waals surface area contributed by atoms with Gasteiger partial charge in [0.2, 0.25) is 5.91 Å². The Morgan fingerprint density at radius 2 is 2.44 bits per heavy atom. The lowest BCUT2D eigenvalue weighted by Gasteiger charge is -2.12. The minimum absolute atomic E-state index is 0.122. The number of carbonyl (C=O) groups excluding carboxylic acids is 1. The van der Waals surface area contributed by atoms with Gasteiger partial charge >= 0.3 is 0 Å². The second-order valence-corrected chi connectivity index (χ2v) is 4.65. The van der Waals surface area contributed by atoms with Crippen molar-refractivity contribution in [2.75, 3.05) is 18.0 Å². The zero-order valence-electron chi connectivity index (χ0n) is 9.73. The Labute approximate surface area is 95.0 Å². The van der Waals surface area contributed by atoms with E-state index in [1.54, 1.807) is 4.90 Å². The summed E-state index contributed by atoms with van der Waals surface area (Å²) in [5.74, 6) is 1.51. The highest BCUT2D eigenvalue weighted by Crippen LogP contribution is 2.25. The average molecular weight is 222 g/mol. The summed E-state index contributed by atoms with van der Waals surface area (Å²) in [5, 5.41) is 7.14. The summed E-state index contributed by atoms with van der Waals surface area (Å²) < 4.78 is 0. The molecular formula is C11H18N4O. The number of hydrogen-bond acceptors (Lipinski definition) is 3. The zero-order chi connectivity index (χ0) is 11.7. The molecule has 2 rings (SSSR count). The van der Waals surface area contributed by atoms with Crippen LogP contribution in [0.15, 0.2) is 6.07 Å². The molecule has 3 N–H and O–H groups in total. The maximum Gasteiger partial charge on any atom is 0.228 e. The summed E-state index contributed by atoms with van der Waals surface area (Å²) >= 11 is 0. The van der Waals surface area contributed by atoms with E-state index in [9.17, 15) is 4.79 Å². The largest absolute Gasteiger partial charge is 0.330 e. The van der Waals surface area contributed by atoms with Crippen molar-refractivity contribution in [1.29, 1.82) is 0 Å². The molecule has 0 aromatic carbocycles. The number of H-pyrrole nitrogens is 1. The molecule has 1 saturated heterocycles. The quantitative estimate of drug-likeness (QED) is 0.796. The number of anilines is 1. The van der Waals surface area contributed by atoms with E-state index in [0.29, 0.717) is 25.4 Å². The van der Waals surface area contributed by atoms with Crippen molar-refractivity contribution in [3.05, 3.63) is 11.8 Å². The van der Waals surface area contributed by atoms with Gasteiger partial charge in [-0.05, 0) is 18.4 Å². The summed E-state index contributed by atoms with van der Waals surface area (Å²) in [5.41, 5.74) is 6.64. The number of aromatic nitrogens is 2. The SMILES string of the molecule is CC(C)c1cc(N2CC(CN)CC2=O)n[nH]1. The van der Waals surface area contributed by atoms with Crippen molar-refractivity contribution < 1.29 is 4.79 Å². The van der Waals surface area contributed by atoms with E-state index >= 15 is 0 Å². The van der Waals surface area contributed by atoms with Crippen molar-refractivity contribution in [1.82, 2.24) is 10.2 Å². The zero-order valence-corrected chi connectivity index (χ0v) is 9.73. The summed E-state index contributed by atoms with van der Waals surface area (Å²) in [7, 11) is 0. The first kappa shape index (κ1) is 11.1. The lowest BCUT2D eigenvalue weighted by Crippen LogP contribution is -2.26. The standard InChI is InChI=1S/C11H18N4O/c1-7(2)9-4-10(14-13-9)15-6-8(5-12)3-11(15)16/h4,7-8H,3,5-6,12H2,1-2H3,(H,13,14). The molecule has 0 aliphatic carbocycles. The number of carbonyl (C=O) groups is 1. The van der Waals surface area contributed by atoms with E-state index in [2.05, 4.69) is 24.0 Å². The van der Waals surface area contributed by atoms with Crippen LogP contribution in [0.4, 0.5) is 5.82 Å². The minimum atomic E-state index is 0.122. The first-order valence-electron chi connectivity index (χ1n) is 5.67. The van der Waals surface area contributed by atoms with Crippen molar-refractivity contribution in [3.63, 3.8) is 0 Å². The van der Waals surface area contributed by atoms with Gasteiger partial charge < -0.3 is 5.73 Å². The van der Waals surface area contributed by atoms with Crippen molar-refractivity contribution in [3.8, 4) is 0 Å². The van der Waals surface area contributed by atoms with Gasteiger partial charge in [0.15, 0.2) is 5.82 Å². The molecule has 1 amide bonds. The maximum absolute atomic E-state index is 11.7. The predicted molar refractivity (Wildman–Crippen MR) is 62.2 cm³/mol. The predicted octanol–water partition coefficient (Wildman–Crippen LogP) is 0.845. The van der Waals surface area contributed by atoms with Crippen LogP contribution < -0.4 is 10.6 Å². The Morgan fingerprint density at radius 1 is 1.69 bits per heavy atom. The monoisotopic (exact) mass is 222 g/mol. The Morgan fingerprint density at radius 3 is 2.94 bits per heavy atom. The van der Waals surface area contributed by atoms with Crippen LogP contribution in [-0.2, 0) is 4.79 Å². The van der Waals surface area contributed by atoms with E-state index in [0.717, 1.165) is 11.5 Å². The smallest absolute Gasteiger partial charge is 0.228 e. The molecule has 1 atom stereocenters. The molecule has 0 bridgehead atoms. The molecule has 1 fully saturated rings. The van der Waals surface area contributed by atoms with Gasteiger partial charge in [-0.3, -0.25) is 14.8 Å². The van der Waals surface area contributed by atoms with E-state index in [1.807, 2.05) is 6.07 Å². The summed E-state index contributed by atoms with van der Waals surface area (Å²) in [4.78, 5) is 13.5. The molecule has 0 saturated carbocycles. The molecular weight excluding hydrogens is 204 g/mol. The van der Waals surface area contributed by atoms with Crippen LogP contribution in [0, 0.1) is 5.92 Å². The third-order valence-corrected chi connectivity index (χ3v) is 3.02. The highest BCUT2D eigenvalue weighted by atomic mass is 16.2. The summed E-state index contributed by atoms with van der Waals surface area (Å²) in [6, 6.07) is 1.95. The second-order valence-electron chi connectivity index (χ2n) is 4.65. The maximum atomic E-state index is 11.7. The first-order valence-corrected chi connectivity index (χ1v) is 5.67. The molecule has 2 heterocycles. The van der Waals surface area contributed by atoms with Crippen LogP contribution in [0.5, 0.6) is 0 Å². The highest BCUT2D eigenvalue weighted by Gasteiger charge is 2.31. The molecule has 1 aromatic heterocycles. The number of hydrogen-bond donors (Lipinski definition) is 2. The van der Waals surface area contributed by atoms with Gasteiger partial charge in [0.05, 0.1) is 0 Å². The fourth-order valence-corrected chi connectivity index (χ4v) is 1.92. The van der Waals surface area contributed by atoms with Crippen LogP contribution in [0.25, 0.3) is 0 Å². The molecule has 88 valence electrons. The fourth-order valence-electron chi connectivity index (χ4n) is 1.92. The van der Waals surface area contributed by atoms with Crippen LogP contribution in [-0.4, -0.2) is 29.2 Å². The van der Waals surface area contributed by atoms with Crippen LogP contribution in [0.2, 0.25) is 0 Å². The Bertz CT molecular complexity index is 385. The number of amides is 1. The van der Waals surface area contributed by atoms with Crippen LogP contribution >= 0.6 is 0 Å². The fraction of sp³-hybridized carbons (Fsp3) is 0.636. The van der Waals surface area contributed by atoms with Crippen LogP contribution in [0.3, 0.4) is 0 Å². The van der Waals surface area contributed by atoms with Crippen molar-refractivity contribution in [2.24, 2.45) is 11.7 Å². The molecule has 1 aromatic rings. The second kappa shape index (κ2) is 4.25. The Balaban J connectivity index is 2.15.